The van der Waals surface area contributed by atoms with Gasteiger partial charge < -0.3 is 9.90 Å². The number of rotatable bonds is 13. The second-order valence-electron chi connectivity index (χ2n) is 8.21. The van der Waals surface area contributed by atoms with Gasteiger partial charge in [-0.3, -0.25) is 18.9 Å². The molecule has 0 aromatic rings. The molecule has 0 rings (SSSR count). The van der Waals surface area contributed by atoms with Crippen molar-refractivity contribution in [3.8, 4) is 0 Å². The molecule has 0 aliphatic heterocycles. The van der Waals surface area contributed by atoms with Crippen LogP contribution in [0.1, 0.15) is 0 Å². The minimum atomic E-state index is -9.28. The van der Waals surface area contributed by atoms with Gasteiger partial charge in [0.15, 0.2) is 0 Å². The molecule has 300 valence electrons. The molecular formula is C15F29NaO6. The van der Waals surface area contributed by atoms with Gasteiger partial charge >= 0.3 is 114 Å². The number of halogens is 29. The second-order valence-corrected chi connectivity index (χ2v) is 8.21. The van der Waals surface area contributed by atoms with E-state index >= 15 is 0 Å². The van der Waals surface area contributed by atoms with Crippen molar-refractivity contribution in [2.24, 2.45) is 0 Å². The molecule has 6 nitrogen and oxygen atoms in total. The van der Waals surface area contributed by atoms with Crippen molar-refractivity contribution in [1.82, 2.24) is 0 Å². The number of carbonyl (C=O) groups is 1. The van der Waals surface area contributed by atoms with Crippen LogP contribution < -0.4 is 34.7 Å². The van der Waals surface area contributed by atoms with Crippen molar-refractivity contribution in [2.75, 3.05) is 0 Å². The van der Waals surface area contributed by atoms with E-state index in [1.807, 2.05) is 0 Å². The summed E-state index contributed by atoms with van der Waals surface area (Å²) in [5.41, 5.74) is 0. The van der Waals surface area contributed by atoms with Gasteiger partial charge in [0.2, 0.25) is 0 Å². The van der Waals surface area contributed by atoms with E-state index in [4.69, 9.17) is 0 Å². The van der Waals surface area contributed by atoms with Crippen LogP contribution in [-0.4, -0.2) is 90.6 Å². The Morgan fingerprint density at radius 2 is 0.549 bits per heavy atom. The van der Waals surface area contributed by atoms with Gasteiger partial charge in [0.05, 0.1) is 0 Å². The monoisotopic (exact) mass is 850 g/mol. The molecule has 0 radical (unpaired) electrons. The van der Waals surface area contributed by atoms with Crippen molar-refractivity contribution in [3.63, 3.8) is 0 Å². The number of alkyl halides is 29. The van der Waals surface area contributed by atoms with Crippen molar-refractivity contribution < 1.29 is 186 Å². The Balaban J connectivity index is 0. The molecule has 0 saturated heterocycles. The summed E-state index contributed by atoms with van der Waals surface area (Å²) in [4.78, 5) is 10.2. The number of carbonyl (C=O) groups excluding carboxylic acids is 1. The second kappa shape index (κ2) is 13.5. The molecular weight excluding hydrogens is 850 g/mol. The van der Waals surface area contributed by atoms with Crippen molar-refractivity contribution in [2.45, 2.75) is 84.7 Å². The summed E-state index contributed by atoms with van der Waals surface area (Å²) in [6.07, 6.45) is -77.9. The first kappa shape index (κ1) is 51.4. The Morgan fingerprint density at radius 1 is 0.333 bits per heavy atom. The molecule has 51 heavy (non-hydrogen) atoms. The molecule has 0 aromatic carbocycles. The van der Waals surface area contributed by atoms with E-state index in [0.717, 1.165) is 14.2 Å². The predicted octanol–water partition coefficient (Wildman–Crippen LogP) is 4.29. The molecule has 4 unspecified atom stereocenters. The molecule has 0 aliphatic carbocycles. The normalized spacial score (nSPS) is 20.0. The van der Waals surface area contributed by atoms with Crippen LogP contribution in [0.15, 0.2) is 0 Å². The summed E-state index contributed by atoms with van der Waals surface area (Å²) < 4.78 is 385. The summed E-state index contributed by atoms with van der Waals surface area (Å²) in [5.74, 6) is -48.3. The maximum Gasteiger partial charge on any atom is 1.00 e. The first-order valence-electron chi connectivity index (χ1n) is 10.0. The predicted molar refractivity (Wildman–Crippen MR) is 79.7 cm³/mol. The molecule has 0 aromatic heterocycles. The number of hydrogen-bond donors (Lipinski definition) is 0. The van der Waals surface area contributed by atoms with Crippen molar-refractivity contribution in [1.29, 1.82) is 0 Å². The Hall–Kier alpha value is -1.72. The van der Waals surface area contributed by atoms with Gasteiger partial charge in [-0.25, -0.2) is 0 Å². The van der Waals surface area contributed by atoms with E-state index in [-0.39, 0.29) is 29.6 Å². The minimum Gasteiger partial charge on any atom is -0.544 e. The summed E-state index contributed by atoms with van der Waals surface area (Å²) in [6, 6.07) is 0. The van der Waals surface area contributed by atoms with Gasteiger partial charge in [-0.1, -0.05) is 0 Å². The summed E-state index contributed by atoms with van der Waals surface area (Å²) in [7, 11) is 0. The first-order chi connectivity index (χ1) is 21.0. The quantitative estimate of drug-likeness (QED) is 0.204. The number of hydrogen-bond acceptors (Lipinski definition) is 6. The standard InChI is InChI=1S/C15HF29O6.Na/c16-2(1(45)46,7(22,23)24)47-13(39,40)4(19,9(28,29)30)49-15(43,44)6(21,11(34,35)36)50-14(41,42)5(20,10(31,32)33)48-12(37,38)3(17,18)8(25,26)27;/h(H,45,46);/q;+1/p-1. The van der Waals surface area contributed by atoms with Crippen LogP contribution in [0.4, 0.5) is 127 Å². The number of carboxylic acid groups (broad SMARTS) is 1. The minimum absolute atomic E-state index is 0. The van der Waals surface area contributed by atoms with Crippen LogP contribution in [0.25, 0.3) is 0 Å². The van der Waals surface area contributed by atoms with Crippen LogP contribution in [0, 0.1) is 0 Å². The van der Waals surface area contributed by atoms with E-state index in [9.17, 15) is 137 Å². The van der Waals surface area contributed by atoms with Gasteiger partial charge in [0.25, 0.3) is 0 Å². The molecule has 0 saturated carbocycles. The molecule has 36 heteroatoms. The fourth-order valence-corrected chi connectivity index (χ4v) is 2.19. The summed E-state index contributed by atoms with van der Waals surface area (Å²) in [6.45, 7) is 0. The van der Waals surface area contributed by atoms with Gasteiger partial charge in [-0.2, -0.15) is 127 Å². The van der Waals surface area contributed by atoms with E-state index in [1.165, 1.54) is 4.74 Å². The third-order valence-electron chi connectivity index (χ3n) is 4.64. The van der Waals surface area contributed by atoms with Crippen LogP contribution in [0.2, 0.25) is 0 Å². The molecule has 0 aliphatic rings. The molecule has 0 spiro atoms. The van der Waals surface area contributed by atoms with Crippen LogP contribution in [-0.2, 0) is 23.7 Å². The van der Waals surface area contributed by atoms with Gasteiger partial charge in [0, 0.05) is 0 Å². The van der Waals surface area contributed by atoms with Gasteiger partial charge in [0.1, 0.15) is 5.97 Å². The fraction of sp³-hybridized carbons (Fsp3) is 0.933. The SMILES string of the molecule is O=C([O-])C(F)(OC(F)(F)C(F)(OC(F)(F)C(F)(OC(F)(F)C(F)(OC(F)(F)C(F)(F)C(F)(F)F)C(F)(F)F)C(F)(F)F)C(F)(F)F)C(F)(F)F.[Na+]. The zero-order valence-corrected chi connectivity index (χ0v) is 23.9. The Bertz CT molecular complexity index is 1240. The van der Waals surface area contributed by atoms with Gasteiger partial charge in [-0.15, -0.1) is 0 Å². The molecule has 0 heterocycles. The summed E-state index contributed by atoms with van der Waals surface area (Å²) in [5, 5.41) is 10.2. The van der Waals surface area contributed by atoms with E-state index in [1.54, 1.807) is 0 Å². The smallest absolute Gasteiger partial charge is 0.544 e. The maximum absolute atomic E-state index is 14.3. The van der Waals surface area contributed by atoms with Crippen LogP contribution in [0.5, 0.6) is 0 Å². The van der Waals surface area contributed by atoms with E-state index < -0.39 is 90.6 Å². The molecule has 4 atom stereocenters. The average Bonchev–Trinajstić information content (AvgIpc) is 2.78. The van der Waals surface area contributed by atoms with E-state index in [2.05, 4.69) is 0 Å². The summed E-state index contributed by atoms with van der Waals surface area (Å²) >= 11 is 0. The number of ether oxygens (including phenoxy) is 4. The largest absolute Gasteiger partial charge is 1.00 e. The fourth-order valence-electron chi connectivity index (χ4n) is 2.19. The third-order valence-corrected chi connectivity index (χ3v) is 4.64. The number of carboxylic acids is 1. The van der Waals surface area contributed by atoms with Gasteiger partial charge in [-0.05, 0) is 0 Å². The number of aliphatic carboxylic acids is 1. The molecule has 0 amide bonds. The van der Waals surface area contributed by atoms with Crippen LogP contribution in [0.3, 0.4) is 0 Å². The average molecular weight is 850 g/mol. The van der Waals surface area contributed by atoms with Crippen molar-refractivity contribution >= 4 is 5.97 Å². The van der Waals surface area contributed by atoms with Crippen LogP contribution >= 0.6 is 0 Å². The van der Waals surface area contributed by atoms with Crippen molar-refractivity contribution in [3.05, 3.63) is 0 Å². The third kappa shape index (κ3) is 8.66. The Kier molecular flexibility index (Phi) is 13.6. The Morgan fingerprint density at radius 3 is 0.725 bits per heavy atom. The maximum atomic E-state index is 14.3. The molecule has 0 bridgehead atoms. The zero-order chi connectivity index (χ0) is 41.4. The first-order valence-corrected chi connectivity index (χ1v) is 10.0. The molecule has 0 fully saturated rings. The molecule has 0 N–H and O–H groups in total. The topological polar surface area (TPSA) is 77.1 Å². The zero-order valence-electron chi connectivity index (χ0n) is 21.9. The Labute approximate surface area is 276 Å². The van der Waals surface area contributed by atoms with E-state index in [0.29, 0.717) is 0 Å².